The maximum absolute atomic E-state index is 10.6. The summed E-state index contributed by atoms with van der Waals surface area (Å²) in [4.78, 5) is 21.1. The van der Waals surface area contributed by atoms with E-state index in [0.29, 0.717) is 6.54 Å². The molecule has 0 aromatic heterocycles. The van der Waals surface area contributed by atoms with E-state index in [9.17, 15) is 9.59 Å². The van der Waals surface area contributed by atoms with Crippen molar-refractivity contribution in [3.63, 3.8) is 0 Å². The molecule has 1 aliphatic rings. The first-order chi connectivity index (χ1) is 6.02. The Hall–Kier alpha value is -0.750. The van der Waals surface area contributed by atoms with Gasteiger partial charge < -0.3 is 15.5 Å². The second kappa shape index (κ2) is 3.97. The van der Waals surface area contributed by atoms with E-state index < -0.39 is 23.9 Å². The molecule has 3 atom stereocenters. The molecule has 0 aromatic rings. The van der Waals surface area contributed by atoms with Crippen LogP contribution >= 0.6 is 12.6 Å². The van der Waals surface area contributed by atoms with Crippen LogP contribution in [-0.4, -0.2) is 40.0 Å². The highest BCUT2D eigenvalue weighted by atomic mass is 32.1. The fraction of sp³-hybridized carbons (Fsp3) is 0.714. The fourth-order valence-corrected chi connectivity index (χ4v) is 1.88. The molecule has 13 heavy (non-hydrogen) atoms. The Bertz CT molecular complexity index is 233. The van der Waals surface area contributed by atoms with Gasteiger partial charge in [-0.3, -0.25) is 9.59 Å². The lowest BCUT2D eigenvalue weighted by Gasteiger charge is -2.15. The van der Waals surface area contributed by atoms with Crippen LogP contribution in [0.4, 0.5) is 0 Å². The topological polar surface area (TPSA) is 86.6 Å². The SMILES string of the molecule is O=C(O)CC1[C@@H](C(=O)O)NC[C@@H]1S. The molecule has 0 bridgehead atoms. The quantitative estimate of drug-likeness (QED) is 0.464. The van der Waals surface area contributed by atoms with Gasteiger partial charge in [-0.2, -0.15) is 12.6 Å². The summed E-state index contributed by atoms with van der Waals surface area (Å²) in [6, 6.07) is -0.779. The number of hydrogen-bond donors (Lipinski definition) is 4. The summed E-state index contributed by atoms with van der Waals surface area (Å²) in [7, 11) is 0. The third-order valence-electron chi connectivity index (χ3n) is 2.15. The molecule has 6 heteroatoms. The summed E-state index contributed by atoms with van der Waals surface area (Å²) in [6.45, 7) is 0.442. The molecule has 0 aromatic carbocycles. The Balaban J connectivity index is 2.65. The molecule has 0 radical (unpaired) electrons. The lowest BCUT2D eigenvalue weighted by atomic mass is 9.97. The first kappa shape index (κ1) is 10.3. The van der Waals surface area contributed by atoms with Crippen LogP contribution in [0.15, 0.2) is 0 Å². The van der Waals surface area contributed by atoms with Crippen molar-refractivity contribution in [3.8, 4) is 0 Å². The van der Waals surface area contributed by atoms with Crippen LogP contribution in [0.3, 0.4) is 0 Å². The van der Waals surface area contributed by atoms with E-state index in [-0.39, 0.29) is 11.7 Å². The number of nitrogens with one attached hydrogen (secondary N) is 1. The normalized spacial score (nSPS) is 33.2. The maximum Gasteiger partial charge on any atom is 0.321 e. The molecule has 1 fully saturated rings. The number of carbonyl (C=O) groups is 2. The van der Waals surface area contributed by atoms with Crippen LogP contribution in [-0.2, 0) is 9.59 Å². The molecule has 0 spiro atoms. The minimum absolute atomic E-state index is 0.155. The number of rotatable bonds is 3. The molecule has 3 N–H and O–H groups in total. The standard InChI is InChI=1S/C7H11NO4S/c9-5(10)1-3-4(13)2-8-6(3)7(11)12/h3-4,6,8,13H,1-2H2,(H,9,10)(H,11,12)/t3?,4-,6-/m0/s1. The predicted octanol–water partition coefficient (Wildman–Crippen LogP) is -0.568. The van der Waals surface area contributed by atoms with E-state index in [0.717, 1.165) is 0 Å². The molecule has 1 heterocycles. The monoisotopic (exact) mass is 205 g/mol. The van der Waals surface area contributed by atoms with E-state index >= 15 is 0 Å². The van der Waals surface area contributed by atoms with Crippen LogP contribution < -0.4 is 5.32 Å². The number of carboxylic acid groups (broad SMARTS) is 2. The highest BCUT2D eigenvalue weighted by Gasteiger charge is 2.39. The lowest BCUT2D eigenvalue weighted by Crippen LogP contribution is -2.36. The van der Waals surface area contributed by atoms with Gasteiger partial charge in [-0.05, 0) is 0 Å². The molecule has 0 saturated carbocycles. The molecular weight excluding hydrogens is 194 g/mol. The summed E-state index contributed by atoms with van der Waals surface area (Å²) < 4.78 is 0. The van der Waals surface area contributed by atoms with Crippen molar-refractivity contribution in [1.29, 1.82) is 0 Å². The van der Waals surface area contributed by atoms with Gasteiger partial charge in [0.2, 0.25) is 0 Å². The first-order valence-corrected chi connectivity index (χ1v) is 4.40. The third-order valence-corrected chi connectivity index (χ3v) is 2.71. The van der Waals surface area contributed by atoms with Gasteiger partial charge in [-0.15, -0.1) is 0 Å². The third kappa shape index (κ3) is 2.35. The zero-order valence-corrected chi connectivity index (χ0v) is 7.70. The minimum atomic E-state index is -1.01. The molecule has 1 unspecified atom stereocenters. The zero-order chi connectivity index (χ0) is 10.0. The van der Waals surface area contributed by atoms with Crippen molar-refractivity contribution in [1.82, 2.24) is 5.32 Å². The van der Waals surface area contributed by atoms with Gasteiger partial charge in [0.25, 0.3) is 0 Å². The van der Waals surface area contributed by atoms with Crippen molar-refractivity contribution >= 4 is 24.6 Å². The highest BCUT2D eigenvalue weighted by molar-refractivity contribution is 7.81. The summed E-state index contributed by atoms with van der Waals surface area (Å²) in [5.74, 6) is -2.43. The van der Waals surface area contributed by atoms with E-state index in [1.807, 2.05) is 0 Å². The maximum atomic E-state index is 10.6. The van der Waals surface area contributed by atoms with Crippen LogP contribution in [0.25, 0.3) is 0 Å². The van der Waals surface area contributed by atoms with Gasteiger partial charge in [-0.25, -0.2) is 0 Å². The summed E-state index contributed by atoms with van der Waals surface area (Å²) in [5.41, 5.74) is 0. The Labute approximate surface area is 80.5 Å². The summed E-state index contributed by atoms with van der Waals surface area (Å²) in [5, 5.41) is 19.8. The molecule has 5 nitrogen and oxygen atoms in total. The van der Waals surface area contributed by atoms with Gasteiger partial charge >= 0.3 is 11.9 Å². The molecule has 1 saturated heterocycles. The van der Waals surface area contributed by atoms with Gasteiger partial charge in [0.1, 0.15) is 6.04 Å². The van der Waals surface area contributed by atoms with Gasteiger partial charge in [0, 0.05) is 17.7 Å². The Kier molecular flexibility index (Phi) is 3.16. The van der Waals surface area contributed by atoms with E-state index in [4.69, 9.17) is 10.2 Å². The van der Waals surface area contributed by atoms with E-state index in [1.54, 1.807) is 0 Å². The predicted molar refractivity (Wildman–Crippen MR) is 47.9 cm³/mol. The lowest BCUT2D eigenvalue weighted by molar-refractivity contribution is -0.141. The second-order valence-electron chi connectivity index (χ2n) is 3.05. The van der Waals surface area contributed by atoms with Gasteiger partial charge in [0.15, 0.2) is 0 Å². The Morgan fingerprint density at radius 2 is 2.08 bits per heavy atom. The Morgan fingerprint density at radius 3 is 2.54 bits per heavy atom. The smallest absolute Gasteiger partial charge is 0.321 e. The van der Waals surface area contributed by atoms with Crippen LogP contribution in [0.5, 0.6) is 0 Å². The molecule has 1 rings (SSSR count). The van der Waals surface area contributed by atoms with Crippen molar-refractivity contribution < 1.29 is 19.8 Å². The van der Waals surface area contributed by atoms with Crippen molar-refractivity contribution in [3.05, 3.63) is 0 Å². The molecular formula is C7H11NO4S. The first-order valence-electron chi connectivity index (χ1n) is 3.88. The van der Waals surface area contributed by atoms with Crippen LogP contribution in [0, 0.1) is 5.92 Å². The number of thiol groups is 1. The Morgan fingerprint density at radius 1 is 1.46 bits per heavy atom. The average Bonchev–Trinajstić information content (AvgIpc) is 2.32. The summed E-state index contributed by atoms with van der Waals surface area (Å²) >= 11 is 4.13. The molecule has 74 valence electrons. The molecule has 0 aliphatic carbocycles. The minimum Gasteiger partial charge on any atom is -0.481 e. The van der Waals surface area contributed by atoms with E-state index in [2.05, 4.69) is 17.9 Å². The second-order valence-corrected chi connectivity index (χ2v) is 3.72. The zero-order valence-electron chi connectivity index (χ0n) is 6.80. The van der Waals surface area contributed by atoms with Crippen molar-refractivity contribution in [2.45, 2.75) is 17.7 Å². The van der Waals surface area contributed by atoms with Gasteiger partial charge in [0.05, 0.1) is 6.42 Å². The summed E-state index contributed by atoms with van der Waals surface area (Å²) in [6.07, 6.45) is -0.155. The van der Waals surface area contributed by atoms with Gasteiger partial charge in [-0.1, -0.05) is 0 Å². The molecule has 1 aliphatic heterocycles. The van der Waals surface area contributed by atoms with Crippen LogP contribution in [0.2, 0.25) is 0 Å². The van der Waals surface area contributed by atoms with Crippen molar-refractivity contribution in [2.24, 2.45) is 5.92 Å². The van der Waals surface area contributed by atoms with Crippen molar-refractivity contribution in [2.75, 3.05) is 6.54 Å². The average molecular weight is 205 g/mol. The number of aliphatic carboxylic acids is 2. The number of hydrogen-bond acceptors (Lipinski definition) is 4. The molecule has 0 amide bonds. The largest absolute Gasteiger partial charge is 0.481 e. The highest BCUT2D eigenvalue weighted by Crippen LogP contribution is 2.24. The fourth-order valence-electron chi connectivity index (χ4n) is 1.50. The van der Waals surface area contributed by atoms with E-state index in [1.165, 1.54) is 0 Å². The van der Waals surface area contributed by atoms with Crippen LogP contribution in [0.1, 0.15) is 6.42 Å². The number of carboxylic acids is 2.